The van der Waals surface area contributed by atoms with Crippen molar-refractivity contribution in [2.24, 2.45) is 0 Å². The summed E-state index contributed by atoms with van der Waals surface area (Å²) < 4.78 is 2.28. The van der Waals surface area contributed by atoms with Crippen LogP contribution in [0.4, 0.5) is 0 Å². The molecule has 6 nitrogen and oxygen atoms in total. The number of rotatable bonds is 4. The first-order valence-corrected chi connectivity index (χ1v) is 10.3. The van der Waals surface area contributed by atoms with Crippen molar-refractivity contribution in [1.29, 1.82) is 0 Å². The van der Waals surface area contributed by atoms with Gasteiger partial charge in [0, 0.05) is 37.3 Å². The molecule has 1 saturated heterocycles. The Kier molecular flexibility index (Phi) is 4.41. The number of imidazole rings is 1. The Morgan fingerprint density at radius 1 is 1.14 bits per heavy atom. The van der Waals surface area contributed by atoms with E-state index in [1.165, 1.54) is 5.56 Å². The summed E-state index contributed by atoms with van der Waals surface area (Å²) in [6.07, 6.45) is 5.80. The van der Waals surface area contributed by atoms with Gasteiger partial charge in [-0.3, -0.25) is 4.90 Å². The summed E-state index contributed by atoms with van der Waals surface area (Å²) in [5.74, 6) is 0.726. The van der Waals surface area contributed by atoms with E-state index in [9.17, 15) is 5.11 Å². The quantitative estimate of drug-likeness (QED) is 0.554. The molecule has 1 aliphatic heterocycles. The van der Waals surface area contributed by atoms with Gasteiger partial charge in [0.1, 0.15) is 22.6 Å². The number of aromatic nitrogens is 4. The molecule has 1 aromatic carbocycles. The number of aliphatic hydroxyl groups is 1. The highest BCUT2D eigenvalue weighted by atomic mass is 16.3. The molecular weight excluding hydrogens is 362 g/mol. The molecule has 0 atom stereocenters. The van der Waals surface area contributed by atoms with E-state index in [2.05, 4.69) is 55.8 Å². The molecule has 0 saturated carbocycles. The molecule has 150 valence electrons. The van der Waals surface area contributed by atoms with E-state index < -0.39 is 5.60 Å². The van der Waals surface area contributed by atoms with Gasteiger partial charge in [0.25, 0.3) is 0 Å². The highest BCUT2D eigenvalue weighted by Crippen LogP contribution is 2.35. The average Bonchev–Trinajstić information content (AvgIpc) is 3.33. The van der Waals surface area contributed by atoms with Crippen LogP contribution in [0.15, 0.2) is 48.8 Å². The maximum absolute atomic E-state index is 10.8. The number of likely N-dealkylation sites (tertiary alicyclic amines) is 1. The third-order valence-corrected chi connectivity index (χ3v) is 5.95. The van der Waals surface area contributed by atoms with Crippen molar-refractivity contribution in [3.8, 4) is 0 Å². The van der Waals surface area contributed by atoms with E-state index in [0.717, 1.165) is 60.4 Å². The molecule has 0 aliphatic carbocycles. The highest BCUT2D eigenvalue weighted by Gasteiger charge is 2.31. The molecule has 4 aromatic rings. The lowest BCUT2D eigenvalue weighted by Crippen LogP contribution is -2.35. The molecule has 29 heavy (non-hydrogen) atoms. The van der Waals surface area contributed by atoms with E-state index in [-0.39, 0.29) is 0 Å². The van der Waals surface area contributed by atoms with E-state index in [1.54, 1.807) is 0 Å². The Labute approximate surface area is 170 Å². The predicted octanol–water partition coefficient (Wildman–Crippen LogP) is 3.98. The Balaban J connectivity index is 1.49. The number of aromatic amines is 1. The number of piperidine rings is 1. The second kappa shape index (κ2) is 6.97. The van der Waals surface area contributed by atoms with Crippen LogP contribution in [-0.2, 0) is 12.1 Å². The summed E-state index contributed by atoms with van der Waals surface area (Å²) in [5.41, 5.74) is 3.14. The average molecular weight is 390 g/mol. The second-order valence-electron chi connectivity index (χ2n) is 8.59. The van der Waals surface area contributed by atoms with Crippen molar-refractivity contribution in [3.63, 3.8) is 0 Å². The predicted molar refractivity (Wildman–Crippen MR) is 115 cm³/mol. The molecule has 0 radical (unpaired) electrons. The first kappa shape index (κ1) is 18.3. The maximum atomic E-state index is 10.8. The topological polar surface area (TPSA) is 70.0 Å². The lowest BCUT2D eigenvalue weighted by Gasteiger charge is -2.34. The van der Waals surface area contributed by atoms with Crippen molar-refractivity contribution >= 4 is 22.1 Å². The van der Waals surface area contributed by atoms with E-state index in [1.807, 2.05) is 26.2 Å². The summed E-state index contributed by atoms with van der Waals surface area (Å²) >= 11 is 0. The van der Waals surface area contributed by atoms with Gasteiger partial charge in [-0.2, -0.15) is 0 Å². The van der Waals surface area contributed by atoms with Gasteiger partial charge in [-0.15, -0.1) is 0 Å². The summed E-state index contributed by atoms with van der Waals surface area (Å²) in [5, 5.41) is 11.9. The maximum Gasteiger partial charge on any atom is 0.141 e. The van der Waals surface area contributed by atoms with Crippen LogP contribution in [0.25, 0.3) is 22.1 Å². The fourth-order valence-electron chi connectivity index (χ4n) is 4.56. The SMILES string of the molecule is CC(C)(O)c1nc2cnc3[nH]ccc3c2n1C1CCN(Cc2ccccc2)CC1. The standard InChI is InChI=1S/C23H27N5O/c1-23(2,29)22-26-19-14-25-21-18(8-11-24-21)20(19)28(22)17-9-12-27(13-10-17)15-16-6-4-3-5-7-16/h3-8,11,14,17,29H,9-10,12-13,15H2,1-2H3,(H,24,25). The van der Waals surface area contributed by atoms with E-state index in [4.69, 9.17) is 4.98 Å². The largest absolute Gasteiger partial charge is 0.383 e. The lowest BCUT2D eigenvalue weighted by molar-refractivity contribution is 0.0605. The fraction of sp³-hybridized carbons (Fsp3) is 0.391. The number of benzene rings is 1. The van der Waals surface area contributed by atoms with Gasteiger partial charge >= 0.3 is 0 Å². The van der Waals surface area contributed by atoms with Crippen LogP contribution in [-0.4, -0.2) is 42.6 Å². The van der Waals surface area contributed by atoms with Crippen LogP contribution in [0.3, 0.4) is 0 Å². The molecule has 0 unspecified atom stereocenters. The number of pyridine rings is 1. The minimum Gasteiger partial charge on any atom is -0.383 e. The monoisotopic (exact) mass is 389 g/mol. The molecule has 5 rings (SSSR count). The van der Waals surface area contributed by atoms with Crippen molar-refractivity contribution in [2.75, 3.05) is 13.1 Å². The Bertz CT molecular complexity index is 1130. The van der Waals surface area contributed by atoms with Crippen LogP contribution < -0.4 is 0 Å². The molecule has 0 amide bonds. The molecule has 0 bridgehead atoms. The van der Waals surface area contributed by atoms with Crippen LogP contribution >= 0.6 is 0 Å². The highest BCUT2D eigenvalue weighted by molar-refractivity contribution is 6.01. The minimum absolute atomic E-state index is 0.314. The minimum atomic E-state index is -1.01. The molecule has 2 N–H and O–H groups in total. The Hall–Kier alpha value is -2.70. The molecule has 3 aromatic heterocycles. The molecular formula is C23H27N5O. The number of H-pyrrole nitrogens is 1. The number of hydrogen-bond donors (Lipinski definition) is 2. The summed E-state index contributed by atoms with van der Waals surface area (Å²) in [7, 11) is 0. The van der Waals surface area contributed by atoms with E-state index in [0.29, 0.717) is 6.04 Å². The van der Waals surface area contributed by atoms with Gasteiger partial charge in [0.15, 0.2) is 0 Å². The van der Waals surface area contributed by atoms with E-state index >= 15 is 0 Å². The molecule has 0 spiro atoms. The number of hydrogen-bond acceptors (Lipinski definition) is 4. The van der Waals surface area contributed by atoms with Gasteiger partial charge in [-0.05, 0) is 38.3 Å². The number of nitrogens with one attached hydrogen (secondary N) is 1. The van der Waals surface area contributed by atoms with Gasteiger partial charge in [-0.1, -0.05) is 30.3 Å². The Morgan fingerprint density at radius 2 is 1.90 bits per heavy atom. The van der Waals surface area contributed by atoms with Crippen molar-refractivity contribution in [2.45, 2.75) is 44.9 Å². The molecule has 1 fully saturated rings. The first-order valence-electron chi connectivity index (χ1n) is 10.3. The van der Waals surface area contributed by atoms with Crippen molar-refractivity contribution in [3.05, 3.63) is 60.2 Å². The summed E-state index contributed by atoms with van der Waals surface area (Å²) in [4.78, 5) is 15.0. The zero-order valence-electron chi connectivity index (χ0n) is 17.0. The molecule has 1 aliphatic rings. The van der Waals surface area contributed by atoms with Gasteiger partial charge in [0.05, 0.1) is 11.7 Å². The van der Waals surface area contributed by atoms with Gasteiger partial charge in [0.2, 0.25) is 0 Å². The number of nitrogens with zero attached hydrogens (tertiary/aromatic N) is 4. The number of fused-ring (bicyclic) bond motifs is 3. The van der Waals surface area contributed by atoms with Crippen LogP contribution in [0.5, 0.6) is 0 Å². The molecule has 6 heteroatoms. The van der Waals surface area contributed by atoms with Gasteiger partial charge in [-0.25, -0.2) is 9.97 Å². The normalized spacial score (nSPS) is 16.8. The zero-order valence-corrected chi connectivity index (χ0v) is 17.0. The third-order valence-electron chi connectivity index (χ3n) is 5.95. The van der Waals surface area contributed by atoms with Crippen molar-refractivity contribution in [1.82, 2.24) is 24.4 Å². The fourth-order valence-corrected chi connectivity index (χ4v) is 4.56. The smallest absolute Gasteiger partial charge is 0.141 e. The van der Waals surface area contributed by atoms with Crippen LogP contribution in [0, 0.1) is 0 Å². The summed E-state index contributed by atoms with van der Waals surface area (Å²) in [6, 6.07) is 13.0. The lowest BCUT2D eigenvalue weighted by atomic mass is 10.0. The first-order chi connectivity index (χ1) is 14.0. The van der Waals surface area contributed by atoms with Gasteiger partial charge < -0.3 is 14.7 Å². The third kappa shape index (κ3) is 3.32. The van der Waals surface area contributed by atoms with Crippen LogP contribution in [0.1, 0.15) is 44.1 Å². The Morgan fingerprint density at radius 3 is 2.62 bits per heavy atom. The van der Waals surface area contributed by atoms with Crippen molar-refractivity contribution < 1.29 is 5.11 Å². The molecule has 4 heterocycles. The summed E-state index contributed by atoms with van der Waals surface area (Å²) in [6.45, 7) is 6.69. The zero-order chi connectivity index (χ0) is 20.0. The second-order valence-corrected chi connectivity index (χ2v) is 8.59. The van der Waals surface area contributed by atoms with Crippen LogP contribution in [0.2, 0.25) is 0 Å².